The van der Waals surface area contributed by atoms with E-state index in [2.05, 4.69) is 20.3 Å². The molecule has 33 heavy (non-hydrogen) atoms. The summed E-state index contributed by atoms with van der Waals surface area (Å²) in [5, 5.41) is 5.04. The third-order valence-corrected chi connectivity index (χ3v) is 6.01. The van der Waals surface area contributed by atoms with Gasteiger partial charge >= 0.3 is 5.97 Å². The maximum absolute atomic E-state index is 12.5. The van der Waals surface area contributed by atoms with Crippen LogP contribution in [-0.4, -0.2) is 32.9 Å². The first-order chi connectivity index (χ1) is 15.8. The molecule has 0 aliphatic rings. The fourth-order valence-electron chi connectivity index (χ4n) is 3.13. The lowest BCUT2D eigenvalue weighted by molar-refractivity contribution is -0.123. The van der Waals surface area contributed by atoms with Gasteiger partial charge in [-0.3, -0.25) is 10.1 Å². The summed E-state index contributed by atoms with van der Waals surface area (Å²) in [4.78, 5) is 37.1. The maximum atomic E-state index is 12.5. The number of amides is 1. The second-order valence-corrected chi connectivity index (χ2v) is 8.67. The highest BCUT2D eigenvalue weighted by molar-refractivity contribution is 7.14. The monoisotopic (exact) mass is 460 g/mol. The molecule has 0 radical (unpaired) electrons. The topological polar surface area (TPSA) is 97.0 Å². The molecule has 7 nitrogen and oxygen atoms in total. The SMILES string of the molecule is Cc1ccc(-c2csc(NC(=O)C(C)OC(=O)c3ccc(-c4nc(C)c(C)[nH]4)cc3)n2)cc1. The number of carbonyl (C=O) groups is 2. The Morgan fingerprint density at radius 2 is 1.64 bits per heavy atom. The number of aryl methyl sites for hydroxylation is 3. The lowest BCUT2D eigenvalue weighted by Crippen LogP contribution is -2.29. The van der Waals surface area contributed by atoms with E-state index in [-0.39, 0.29) is 0 Å². The second-order valence-electron chi connectivity index (χ2n) is 7.81. The van der Waals surface area contributed by atoms with Crippen molar-refractivity contribution >= 4 is 28.3 Å². The van der Waals surface area contributed by atoms with Crippen LogP contribution < -0.4 is 5.32 Å². The van der Waals surface area contributed by atoms with Crippen LogP contribution in [-0.2, 0) is 9.53 Å². The van der Waals surface area contributed by atoms with Crippen molar-refractivity contribution in [3.8, 4) is 22.6 Å². The van der Waals surface area contributed by atoms with Crippen molar-refractivity contribution in [3.05, 3.63) is 76.4 Å². The molecule has 1 amide bonds. The zero-order valence-corrected chi connectivity index (χ0v) is 19.6. The number of anilines is 1. The first-order valence-electron chi connectivity index (χ1n) is 10.5. The standard InChI is InChI=1S/C25H24N4O3S/c1-14-5-7-18(8-6-14)21-13-33-25(28-21)29-23(30)17(4)32-24(31)20-11-9-19(10-12-20)22-26-15(2)16(3)27-22/h5-13,17H,1-4H3,(H,26,27)(H,28,29,30). The predicted molar refractivity (Wildman–Crippen MR) is 129 cm³/mol. The average molecular weight is 461 g/mol. The average Bonchev–Trinajstić information content (AvgIpc) is 3.40. The Morgan fingerprint density at radius 3 is 2.27 bits per heavy atom. The first-order valence-corrected chi connectivity index (χ1v) is 11.4. The number of carbonyl (C=O) groups excluding carboxylic acids is 2. The second kappa shape index (κ2) is 9.38. The Labute approximate surface area is 195 Å². The van der Waals surface area contributed by atoms with Crippen LogP contribution in [0.3, 0.4) is 0 Å². The summed E-state index contributed by atoms with van der Waals surface area (Å²) in [6.07, 6.45) is -0.973. The quantitative estimate of drug-likeness (QED) is 0.380. The molecule has 2 heterocycles. The molecule has 0 saturated carbocycles. The Hall–Kier alpha value is -3.78. The van der Waals surface area contributed by atoms with Gasteiger partial charge in [-0.2, -0.15) is 0 Å². The lowest BCUT2D eigenvalue weighted by atomic mass is 10.1. The molecule has 0 spiro atoms. The van der Waals surface area contributed by atoms with E-state index in [0.717, 1.165) is 34.0 Å². The fraction of sp³-hybridized carbons (Fsp3) is 0.200. The molecule has 0 aliphatic heterocycles. The number of rotatable bonds is 6. The highest BCUT2D eigenvalue weighted by Gasteiger charge is 2.20. The van der Waals surface area contributed by atoms with E-state index in [1.807, 2.05) is 50.4 Å². The normalized spacial score (nSPS) is 11.8. The number of imidazole rings is 1. The molecule has 8 heteroatoms. The van der Waals surface area contributed by atoms with Crippen LogP contribution in [0.4, 0.5) is 5.13 Å². The summed E-state index contributed by atoms with van der Waals surface area (Å²) in [5.41, 5.74) is 6.07. The van der Waals surface area contributed by atoms with Crippen LogP contribution in [0.5, 0.6) is 0 Å². The van der Waals surface area contributed by atoms with Crippen molar-refractivity contribution in [2.24, 2.45) is 0 Å². The summed E-state index contributed by atoms with van der Waals surface area (Å²) >= 11 is 1.32. The van der Waals surface area contributed by atoms with E-state index >= 15 is 0 Å². The molecule has 4 rings (SSSR count). The van der Waals surface area contributed by atoms with Crippen molar-refractivity contribution in [2.45, 2.75) is 33.8 Å². The zero-order valence-electron chi connectivity index (χ0n) is 18.8. The van der Waals surface area contributed by atoms with Gasteiger partial charge in [0.05, 0.1) is 17.0 Å². The number of thiazole rings is 1. The van der Waals surface area contributed by atoms with Crippen LogP contribution >= 0.6 is 11.3 Å². The number of esters is 1. The number of nitrogens with one attached hydrogen (secondary N) is 2. The van der Waals surface area contributed by atoms with Crippen molar-refractivity contribution in [3.63, 3.8) is 0 Å². The third kappa shape index (κ3) is 5.18. The van der Waals surface area contributed by atoms with Crippen molar-refractivity contribution in [1.29, 1.82) is 0 Å². The van der Waals surface area contributed by atoms with Crippen LogP contribution in [0.1, 0.15) is 34.2 Å². The van der Waals surface area contributed by atoms with Gasteiger partial charge in [0.2, 0.25) is 0 Å². The lowest BCUT2D eigenvalue weighted by Gasteiger charge is -2.12. The molecular weight excluding hydrogens is 436 g/mol. The fourth-order valence-corrected chi connectivity index (χ4v) is 3.85. The predicted octanol–water partition coefficient (Wildman–Crippen LogP) is 5.31. The van der Waals surface area contributed by atoms with Gasteiger partial charge < -0.3 is 9.72 Å². The molecule has 0 fully saturated rings. The minimum Gasteiger partial charge on any atom is -0.449 e. The van der Waals surface area contributed by atoms with E-state index in [1.165, 1.54) is 23.8 Å². The zero-order chi connectivity index (χ0) is 23.5. The number of H-pyrrole nitrogens is 1. The largest absolute Gasteiger partial charge is 0.449 e. The van der Waals surface area contributed by atoms with Gasteiger partial charge in [0.25, 0.3) is 5.91 Å². The smallest absolute Gasteiger partial charge is 0.338 e. The number of ether oxygens (including phenoxy) is 1. The van der Waals surface area contributed by atoms with Gasteiger partial charge in [0.1, 0.15) is 5.82 Å². The highest BCUT2D eigenvalue weighted by atomic mass is 32.1. The maximum Gasteiger partial charge on any atom is 0.338 e. The molecule has 2 aromatic heterocycles. The number of hydrogen-bond acceptors (Lipinski definition) is 6. The number of aromatic amines is 1. The van der Waals surface area contributed by atoms with Crippen molar-refractivity contribution in [2.75, 3.05) is 5.32 Å². The molecular formula is C25H24N4O3S. The molecule has 0 bridgehead atoms. The molecule has 168 valence electrons. The van der Waals surface area contributed by atoms with Gasteiger partial charge in [0.15, 0.2) is 11.2 Å². The van der Waals surface area contributed by atoms with Gasteiger partial charge in [-0.15, -0.1) is 11.3 Å². The molecule has 0 aliphatic carbocycles. The summed E-state index contributed by atoms with van der Waals surface area (Å²) in [7, 11) is 0. The number of benzene rings is 2. The van der Waals surface area contributed by atoms with Crippen LogP contribution in [0.2, 0.25) is 0 Å². The van der Waals surface area contributed by atoms with E-state index in [4.69, 9.17) is 4.74 Å². The molecule has 4 aromatic rings. The minimum atomic E-state index is -0.973. The van der Waals surface area contributed by atoms with Gasteiger partial charge in [-0.05, 0) is 39.8 Å². The van der Waals surface area contributed by atoms with E-state index in [0.29, 0.717) is 10.7 Å². The van der Waals surface area contributed by atoms with Gasteiger partial charge in [0, 0.05) is 22.2 Å². The van der Waals surface area contributed by atoms with E-state index < -0.39 is 18.0 Å². The van der Waals surface area contributed by atoms with Crippen LogP contribution in [0.15, 0.2) is 53.9 Å². The molecule has 0 saturated heterocycles. The summed E-state index contributed by atoms with van der Waals surface area (Å²) in [6.45, 7) is 7.44. The van der Waals surface area contributed by atoms with Crippen molar-refractivity contribution < 1.29 is 14.3 Å². The Morgan fingerprint density at radius 1 is 0.970 bits per heavy atom. The third-order valence-electron chi connectivity index (χ3n) is 5.26. The molecule has 2 aromatic carbocycles. The molecule has 1 unspecified atom stereocenters. The van der Waals surface area contributed by atoms with Gasteiger partial charge in [-0.25, -0.2) is 14.8 Å². The van der Waals surface area contributed by atoms with Crippen LogP contribution in [0, 0.1) is 20.8 Å². The van der Waals surface area contributed by atoms with Gasteiger partial charge in [-0.1, -0.05) is 42.0 Å². The van der Waals surface area contributed by atoms with Crippen LogP contribution in [0.25, 0.3) is 22.6 Å². The van der Waals surface area contributed by atoms with Crippen molar-refractivity contribution in [1.82, 2.24) is 15.0 Å². The van der Waals surface area contributed by atoms with E-state index in [9.17, 15) is 9.59 Å². The molecule has 1 atom stereocenters. The summed E-state index contributed by atoms with van der Waals surface area (Å²) in [6, 6.07) is 14.9. The highest BCUT2D eigenvalue weighted by Crippen LogP contribution is 2.25. The van der Waals surface area contributed by atoms with E-state index in [1.54, 1.807) is 24.3 Å². The summed E-state index contributed by atoms with van der Waals surface area (Å²) < 4.78 is 5.35. The first kappa shape index (κ1) is 22.4. The Kier molecular flexibility index (Phi) is 6.37. The Balaban J connectivity index is 1.35. The number of aromatic nitrogens is 3. The number of nitrogens with zero attached hydrogens (tertiary/aromatic N) is 2. The minimum absolute atomic E-state index is 0.356. The Bertz CT molecular complexity index is 1270. The summed E-state index contributed by atoms with van der Waals surface area (Å²) in [5.74, 6) is -0.270. The number of hydrogen-bond donors (Lipinski definition) is 2. The molecule has 2 N–H and O–H groups in total.